The Labute approximate surface area is 111 Å². The molecule has 5 heteroatoms. The van der Waals surface area contributed by atoms with E-state index in [1.807, 2.05) is 42.5 Å². The third-order valence-corrected chi connectivity index (χ3v) is 2.59. The average molecular weight is 249 g/mol. The Balaban J connectivity index is 2.48. The molecule has 0 unspecified atom stereocenters. The molecule has 0 amide bonds. The second-order valence-electron chi connectivity index (χ2n) is 3.92. The van der Waals surface area contributed by atoms with Gasteiger partial charge in [-0.2, -0.15) is 10.5 Å². The van der Waals surface area contributed by atoms with Crippen molar-refractivity contribution in [3.63, 3.8) is 0 Å². The number of hydrogen-bond acceptors (Lipinski definition) is 5. The van der Waals surface area contributed by atoms with Crippen LogP contribution in [-0.2, 0) is 0 Å². The summed E-state index contributed by atoms with van der Waals surface area (Å²) < 4.78 is 0. The van der Waals surface area contributed by atoms with Gasteiger partial charge in [0.1, 0.15) is 18.2 Å². The second-order valence-corrected chi connectivity index (χ2v) is 3.92. The molecule has 0 saturated heterocycles. The molecule has 0 aliphatic carbocycles. The van der Waals surface area contributed by atoms with E-state index in [1.165, 1.54) is 6.20 Å². The van der Waals surface area contributed by atoms with Gasteiger partial charge in [0.25, 0.3) is 0 Å². The Morgan fingerprint density at radius 1 is 1.21 bits per heavy atom. The molecule has 0 saturated carbocycles. The molecule has 92 valence electrons. The predicted molar refractivity (Wildman–Crippen MR) is 71.1 cm³/mol. The van der Waals surface area contributed by atoms with Gasteiger partial charge in [-0.05, 0) is 0 Å². The summed E-state index contributed by atoms with van der Waals surface area (Å²) in [6.07, 6.45) is 1.48. The third kappa shape index (κ3) is 2.67. The number of hydrogen-bond donors (Lipinski definition) is 0. The standard InChI is InChI=1S/C14H11N5/c1-19(8-7-15)14-12(9-16)10-17-13(18-14)11-5-3-2-4-6-11/h2-6,10H,8H2,1H3. The van der Waals surface area contributed by atoms with Crippen molar-refractivity contribution in [3.05, 3.63) is 42.1 Å². The van der Waals surface area contributed by atoms with Gasteiger partial charge < -0.3 is 4.90 Å². The van der Waals surface area contributed by atoms with E-state index < -0.39 is 0 Å². The summed E-state index contributed by atoms with van der Waals surface area (Å²) in [7, 11) is 1.72. The highest BCUT2D eigenvalue weighted by molar-refractivity contribution is 5.61. The monoisotopic (exact) mass is 249 g/mol. The summed E-state index contributed by atoms with van der Waals surface area (Å²) in [6, 6.07) is 13.6. The van der Waals surface area contributed by atoms with Crippen LogP contribution in [0.5, 0.6) is 0 Å². The molecular weight excluding hydrogens is 238 g/mol. The van der Waals surface area contributed by atoms with Crippen LogP contribution in [0.4, 0.5) is 5.82 Å². The highest BCUT2D eigenvalue weighted by atomic mass is 15.2. The van der Waals surface area contributed by atoms with E-state index >= 15 is 0 Å². The van der Waals surface area contributed by atoms with Gasteiger partial charge in [0.2, 0.25) is 0 Å². The molecule has 2 rings (SSSR count). The van der Waals surface area contributed by atoms with Crippen molar-refractivity contribution < 1.29 is 0 Å². The van der Waals surface area contributed by atoms with Gasteiger partial charge in [0.05, 0.1) is 12.3 Å². The van der Waals surface area contributed by atoms with Crippen molar-refractivity contribution >= 4 is 5.82 Å². The normalized spacial score (nSPS) is 9.42. The van der Waals surface area contributed by atoms with Crippen molar-refractivity contribution in [2.75, 3.05) is 18.5 Å². The van der Waals surface area contributed by atoms with Gasteiger partial charge in [-0.3, -0.25) is 0 Å². The van der Waals surface area contributed by atoms with Gasteiger partial charge in [-0.15, -0.1) is 0 Å². The van der Waals surface area contributed by atoms with Crippen LogP contribution in [0, 0.1) is 22.7 Å². The van der Waals surface area contributed by atoms with Crippen LogP contribution in [0.3, 0.4) is 0 Å². The van der Waals surface area contributed by atoms with E-state index in [4.69, 9.17) is 10.5 Å². The highest BCUT2D eigenvalue weighted by Gasteiger charge is 2.12. The Morgan fingerprint density at radius 3 is 2.58 bits per heavy atom. The molecule has 0 fully saturated rings. The minimum atomic E-state index is 0.167. The van der Waals surface area contributed by atoms with Crippen LogP contribution in [0.1, 0.15) is 5.56 Å². The molecular formula is C14H11N5. The highest BCUT2D eigenvalue weighted by Crippen LogP contribution is 2.20. The maximum Gasteiger partial charge on any atom is 0.161 e. The Kier molecular flexibility index (Phi) is 3.70. The van der Waals surface area contributed by atoms with Crippen molar-refractivity contribution in [2.45, 2.75) is 0 Å². The van der Waals surface area contributed by atoms with Crippen molar-refractivity contribution in [1.82, 2.24) is 9.97 Å². The zero-order valence-corrected chi connectivity index (χ0v) is 10.4. The number of anilines is 1. The van der Waals surface area contributed by atoms with Gasteiger partial charge in [0.15, 0.2) is 11.6 Å². The second kappa shape index (κ2) is 5.61. The third-order valence-electron chi connectivity index (χ3n) is 2.59. The van der Waals surface area contributed by atoms with Gasteiger partial charge in [-0.25, -0.2) is 9.97 Å². The van der Waals surface area contributed by atoms with Gasteiger partial charge in [0, 0.05) is 12.6 Å². The van der Waals surface area contributed by atoms with Crippen molar-refractivity contribution in [3.8, 4) is 23.5 Å². The molecule has 0 radical (unpaired) electrons. The van der Waals surface area contributed by atoms with Crippen LogP contribution < -0.4 is 4.90 Å². The first kappa shape index (κ1) is 12.5. The fourth-order valence-electron chi connectivity index (χ4n) is 1.65. The summed E-state index contributed by atoms with van der Waals surface area (Å²) in [5.41, 5.74) is 1.23. The number of nitriles is 2. The zero-order valence-electron chi connectivity index (χ0n) is 10.4. The first-order chi connectivity index (χ1) is 9.26. The van der Waals surface area contributed by atoms with E-state index in [9.17, 15) is 0 Å². The molecule has 0 aliphatic rings. The molecule has 1 heterocycles. The van der Waals surface area contributed by atoms with Crippen LogP contribution in [0.2, 0.25) is 0 Å². The van der Waals surface area contributed by atoms with Crippen LogP contribution in [0.15, 0.2) is 36.5 Å². The van der Waals surface area contributed by atoms with E-state index in [0.29, 0.717) is 17.2 Å². The number of aromatic nitrogens is 2. The average Bonchev–Trinajstić information content (AvgIpc) is 2.47. The lowest BCUT2D eigenvalue weighted by atomic mass is 10.2. The minimum absolute atomic E-state index is 0.167. The Bertz CT molecular complexity index is 652. The SMILES string of the molecule is CN(CC#N)c1nc(-c2ccccc2)ncc1C#N. The molecule has 1 aromatic carbocycles. The smallest absolute Gasteiger partial charge is 0.161 e. The minimum Gasteiger partial charge on any atom is -0.345 e. The number of benzene rings is 1. The molecule has 19 heavy (non-hydrogen) atoms. The Morgan fingerprint density at radius 2 is 1.95 bits per heavy atom. The van der Waals surface area contributed by atoms with E-state index in [2.05, 4.69) is 9.97 Å². The maximum atomic E-state index is 9.06. The molecule has 5 nitrogen and oxygen atoms in total. The molecule has 0 N–H and O–H groups in total. The van der Waals surface area contributed by atoms with Gasteiger partial charge in [-0.1, -0.05) is 30.3 Å². The van der Waals surface area contributed by atoms with E-state index in [1.54, 1.807) is 11.9 Å². The zero-order chi connectivity index (χ0) is 13.7. The molecule has 1 aromatic heterocycles. The predicted octanol–water partition coefficient (Wildman–Crippen LogP) is 1.98. The summed E-state index contributed by atoms with van der Waals surface area (Å²) in [6.45, 7) is 0.167. The first-order valence-corrected chi connectivity index (χ1v) is 5.67. The molecule has 0 bridgehead atoms. The lowest BCUT2D eigenvalue weighted by Crippen LogP contribution is -2.20. The van der Waals surface area contributed by atoms with Crippen LogP contribution in [0.25, 0.3) is 11.4 Å². The van der Waals surface area contributed by atoms with Crippen molar-refractivity contribution in [2.24, 2.45) is 0 Å². The fraction of sp³-hybridized carbons (Fsp3) is 0.143. The molecule has 2 aromatic rings. The van der Waals surface area contributed by atoms with Gasteiger partial charge >= 0.3 is 0 Å². The largest absolute Gasteiger partial charge is 0.345 e. The Hall–Kier alpha value is -2.92. The van der Waals surface area contributed by atoms with E-state index in [-0.39, 0.29) is 6.54 Å². The van der Waals surface area contributed by atoms with Crippen LogP contribution >= 0.6 is 0 Å². The molecule has 0 atom stereocenters. The summed E-state index contributed by atoms with van der Waals surface area (Å²) >= 11 is 0. The summed E-state index contributed by atoms with van der Waals surface area (Å²) in [4.78, 5) is 10.2. The lowest BCUT2D eigenvalue weighted by Gasteiger charge is -2.15. The molecule has 0 aliphatic heterocycles. The quantitative estimate of drug-likeness (QED) is 0.777. The summed E-state index contributed by atoms with van der Waals surface area (Å²) in [5, 5.41) is 17.8. The lowest BCUT2D eigenvalue weighted by molar-refractivity contribution is 0.977. The summed E-state index contributed by atoms with van der Waals surface area (Å²) in [5.74, 6) is 1.01. The van der Waals surface area contributed by atoms with E-state index in [0.717, 1.165) is 5.56 Å². The fourth-order valence-corrected chi connectivity index (χ4v) is 1.65. The van der Waals surface area contributed by atoms with Crippen LogP contribution in [-0.4, -0.2) is 23.6 Å². The maximum absolute atomic E-state index is 9.06. The number of nitrogens with zero attached hydrogens (tertiary/aromatic N) is 5. The van der Waals surface area contributed by atoms with Crippen molar-refractivity contribution in [1.29, 1.82) is 10.5 Å². The topological polar surface area (TPSA) is 76.6 Å². The molecule has 0 spiro atoms. The number of rotatable bonds is 3. The first-order valence-electron chi connectivity index (χ1n) is 5.67.